The zero-order valence-corrected chi connectivity index (χ0v) is 16.8. The molecule has 0 unspecified atom stereocenters. The number of benzene rings is 2. The van der Waals surface area contributed by atoms with Gasteiger partial charge in [-0.2, -0.15) is 0 Å². The van der Waals surface area contributed by atoms with Crippen LogP contribution in [-0.4, -0.2) is 23.6 Å². The Balaban J connectivity index is 1.81. The summed E-state index contributed by atoms with van der Waals surface area (Å²) in [5.74, 6) is -0.818. The number of non-ortho nitro benzene ring substituents is 1. The summed E-state index contributed by atoms with van der Waals surface area (Å²) in [6, 6.07) is 9.13. The fourth-order valence-electron chi connectivity index (χ4n) is 2.72. The van der Waals surface area contributed by atoms with E-state index in [2.05, 4.69) is 5.32 Å². The van der Waals surface area contributed by atoms with Gasteiger partial charge in [-0.3, -0.25) is 15.4 Å². The van der Waals surface area contributed by atoms with Gasteiger partial charge in [0.05, 0.1) is 22.1 Å². The summed E-state index contributed by atoms with van der Waals surface area (Å²) in [5.41, 5.74) is -0.122. The van der Waals surface area contributed by atoms with Crippen LogP contribution < -0.4 is 10.9 Å². The summed E-state index contributed by atoms with van der Waals surface area (Å²) in [4.78, 5) is 45.9. The number of nitrogens with zero attached hydrogens (tertiary/aromatic N) is 1. The zero-order chi connectivity index (χ0) is 22.5. The lowest BCUT2D eigenvalue weighted by Crippen LogP contribution is -2.13. The average Bonchev–Trinajstić information content (AvgIpc) is 2.71. The van der Waals surface area contributed by atoms with Gasteiger partial charge in [0.1, 0.15) is 12.2 Å². The van der Waals surface area contributed by atoms with E-state index in [0.717, 1.165) is 12.1 Å². The monoisotopic (exact) mass is 446 g/mol. The van der Waals surface area contributed by atoms with Gasteiger partial charge < -0.3 is 13.9 Å². The molecule has 0 aliphatic heterocycles. The minimum Gasteiger partial charge on any atom is -0.457 e. The minimum absolute atomic E-state index is 0.0551. The molecule has 1 N–H and O–H groups in total. The maximum Gasteiger partial charge on any atom is 0.411 e. The van der Waals surface area contributed by atoms with Crippen LogP contribution in [0.4, 0.5) is 16.2 Å². The summed E-state index contributed by atoms with van der Waals surface area (Å²) in [6.45, 7) is 1.58. The smallest absolute Gasteiger partial charge is 0.411 e. The van der Waals surface area contributed by atoms with Crippen LogP contribution in [-0.2, 0) is 16.1 Å². The van der Waals surface area contributed by atoms with Gasteiger partial charge in [0.2, 0.25) is 0 Å². The molecule has 160 valence electrons. The number of fused-ring (bicyclic) bond motifs is 1. The van der Waals surface area contributed by atoms with E-state index in [0.29, 0.717) is 16.6 Å². The summed E-state index contributed by atoms with van der Waals surface area (Å²) in [5, 5.41) is 13.6. The Hall–Kier alpha value is -3.92. The van der Waals surface area contributed by atoms with Gasteiger partial charge in [-0.25, -0.2) is 14.4 Å². The Morgan fingerprint density at radius 2 is 1.94 bits per heavy atom. The van der Waals surface area contributed by atoms with Crippen molar-refractivity contribution in [2.45, 2.75) is 13.5 Å². The van der Waals surface area contributed by atoms with Crippen molar-refractivity contribution in [2.75, 3.05) is 11.9 Å². The van der Waals surface area contributed by atoms with Crippen LogP contribution in [0.3, 0.4) is 0 Å². The number of anilines is 1. The Morgan fingerprint density at radius 1 is 1.16 bits per heavy atom. The lowest BCUT2D eigenvalue weighted by Gasteiger charge is -2.10. The number of ether oxygens (including phenoxy) is 2. The summed E-state index contributed by atoms with van der Waals surface area (Å²) >= 11 is 5.94. The molecule has 10 nitrogen and oxygen atoms in total. The molecule has 11 heteroatoms. The molecule has 0 saturated heterocycles. The van der Waals surface area contributed by atoms with Gasteiger partial charge in [-0.15, -0.1) is 0 Å². The van der Waals surface area contributed by atoms with Crippen molar-refractivity contribution in [3.8, 4) is 0 Å². The number of nitro benzene ring substituents is 1. The minimum atomic E-state index is -0.818. The molecule has 0 aliphatic rings. The highest BCUT2D eigenvalue weighted by Gasteiger charge is 2.17. The largest absolute Gasteiger partial charge is 0.457 e. The average molecular weight is 447 g/mol. The predicted molar refractivity (Wildman–Crippen MR) is 110 cm³/mol. The SMILES string of the molecule is CCOC(=O)Nc1ccc2c(COC(=O)c3ccc([N+](=O)[O-])cc3Cl)cc(=O)oc2c1. The maximum absolute atomic E-state index is 12.3. The van der Waals surface area contributed by atoms with Crippen LogP contribution in [0, 0.1) is 10.1 Å². The molecule has 2 aromatic carbocycles. The first-order chi connectivity index (χ1) is 14.8. The first-order valence-electron chi connectivity index (χ1n) is 8.90. The molecule has 3 aromatic rings. The molecule has 3 rings (SSSR count). The second-order valence-corrected chi connectivity index (χ2v) is 6.55. The van der Waals surface area contributed by atoms with E-state index in [-0.39, 0.29) is 35.1 Å². The Labute approximate surface area is 179 Å². The molecule has 0 spiro atoms. The number of nitrogens with one attached hydrogen (secondary N) is 1. The molecular weight excluding hydrogens is 432 g/mol. The van der Waals surface area contributed by atoms with Gasteiger partial charge >= 0.3 is 17.7 Å². The van der Waals surface area contributed by atoms with Crippen molar-refractivity contribution in [1.82, 2.24) is 0 Å². The Kier molecular flexibility index (Phi) is 6.51. The van der Waals surface area contributed by atoms with Crippen LogP contribution in [0.1, 0.15) is 22.8 Å². The number of nitro groups is 1. The predicted octanol–water partition coefficient (Wildman–Crippen LogP) is 4.28. The van der Waals surface area contributed by atoms with Crippen LogP contribution >= 0.6 is 11.6 Å². The number of esters is 1. The van der Waals surface area contributed by atoms with Crippen molar-refractivity contribution in [2.24, 2.45) is 0 Å². The maximum atomic E-state index is 12.3. The molecule has 0 bridgehead atoms. The molecule has 31 heavy (non-hydrogen) atoms. The summed E-state index contributed by atoms with van der Waals surface area (Å²) < 4.78 is 15.2. The number of hydrogen-bond acceptors (Lipinski definition) is 8. The van der Waals surface area contributed by atoms with Gasteiger partial charge in [0.25, 0.3) is 5.69 Å². The lowest BCUT2D eigenvalue weighted by molar-refractivity contribution is -0.384. The van der Waals surface area contributed by atoms with Crippen molar-refractivity contribution in [3.63, 3.8) is 0 Å². The van der Waals surface area contributed by atoms with E-state index < -0.39 is 22.6 Å². The second kappa shape index (κ2) is 9.26. The molecule has 0 atom stereocenters. The molecule has 0 radical (unpaired) electrons. The first kappa shape index (κ1) is 21.8. The molecule has 0 fully saturated rings. The third kappa shape index (κ3) is 5.17. The zero-order valence-electron chi connectivity index (χ0n) is 16.0. The van der Waals surface area contributed by atoms with E-state index in [4.69, 9.17) is 25.5 Å². The van der Waals surface area contributed by atoms with Crippen LogP contribution in [0.15, 0.2) is 51.7 Å². The third-order valence-electron chi connectivity index (χ3n) is 4.09. The molecular formula is C20H15ClN2O8. The van der Waals surface area contributed by atoms with Gasteiger partial charge in [0.15, 0.2) is 0 Å². The molecule has 1 heterocycles. The van der Waals surface area contributed by atoms with Crippen molar-refractivity contribution in [3.05, 3.63) is 79.1 Å². The van der Waals surface area contributed by atoms with Crippen LogP contribution in [0.2, 0.25) is 5.02 Å². The van der Waals surface area contributed by atoms with Crippen molar-refractivity contribution in [1.29, 1.82) is 0 Å². The quantitative estimate of drug-likeness (QED) is 0.256. The van der Waals surface area contributed by atoms with Gasteiger partial charge in [-0.05, 0) is 25.1 Å². The van der Waals surface area contributed by atoms with E-state index in [1.165, 1.54) is 18.2 Å². The third-order valence-corrected chi connectivity index (χ3v) is 4.41. The molecule has 1 amide bonds. The Morgan fingerprint density at radius 3 is 2.61 bits per heavy atom. The summed E-state index contributed by atoms with van der Waals surface area (Å²) in [7, 11) is 0. The van der Waals surface area contributed by atoms with Gasteiger partial charge in [0, 0.05) is 40.9 Å². The second-order valence-electron chi connectivity index (χ2n) is 6.14. The van der Waals surface area contributed by atoms with Crippen LogP contribution in [0.5, 0.6) is 0 Å². The van der Waals surface area contributed by atoms with Crippen molar-refractivity contribution < 1.29 is 28.4 Å². The standard InChI is InChI=1S/C20H15ClN2O8/c1-2-29-20(26)22-12-3-5-14-11(7-18(24)31-17(14)8-12)10-30-19(25)15-6-4-13(23(27)28)9-16(15)21/h3-9H,2,10H2,1H3,(H,22,26). The van der Waals surface area contributed by atoms with E-state index in [1.807, 2.05) is 0 Å². The number of carbonyl (C=O) groups is 2. The number of halogens is 1. The first-order valence-corrected chi connectivity index (χ1v) is 9.28. The fraction of sp³-hybridized carbons (Fsp3) is 0.150. The molecule has 1 aromatic heterocycles. The molecule has 0 saturated carbocycles. The van der Waals surface area contributed by atoms with Crippen LogP contribution in [0.25, 0.3) is 11.0 Å². The Bertz CT molecular complexity index is 1240. The molecule has 0 aliphatic carbocycles. The number of amides is 1. The number of rotatable bonds is 6. The normalized spacial score (nSPS) is 10.5. The highest BCUT2D eigenvalue weighted by atomic mass is 35.5. The fourth-order valence-corrected chi connectivity index (χ4v) is 2.97. The lowest BCUT2D eigenvalue weighted by atomic mass is 10.1. The van der Waals surface area contributed by atoms with Crippen molar-refractivity contribution >= 4 is 46.0 Å². The number of carbonyl (C=O) groups excluding carboxylic acids is 2. The van der Waals surface area contributed by atoms with E-state index in [9.17, 15) is 24.5 Å². The highest BCUT2D eigenvalue weighted by Crippen LogP contribution is 2.25. The highest BCUT2D eigenvalue weighted by molar-refractivity contribution is 6.33. The number of hydrogen-bond donors (Lipinski definition) is 1. The van der Waals surface area contributed by atoms with E-state index in [1.54, 1.807) is 19.1 Å². The summed E-state index contributed by atoms with van der Waals surface area (Å²) in [6.07, 6.45) is -0.658. The topological polar surface area (TPSA) is 138 Å². The van der Waals surface area contributed by atoms with Gasteiger partial charge in [-0.1, -0.05) is 11.6 Å². The van der Waals surface area contributed by atoms with E-state index >= 15 is 0 Å².